The van der Waals surface area contributed by atoms with Gasteiger partial charge in [-0.1, -0.05) is 36.4 Å². The van der Waals surface area contributed by atoms with Crippen molar-refractivity contribution in [1.82, 2.24) is 0 Å². The Labute approximate surface area is 95.1 Å². The van der Waals surface area contributed by atoms with Crippen LogP contribution in [0.25, 0.3) is 0 Å². The molecule has 2 rings (SSSR count). The fourth-order valence-electron chi connectivity index (χ4n) is 2.02. The Balaban J connectivity index is 2.39. The molecule has 1 aromatic carbocycles. The van der Waals surface area contributed by atoms with Gasteiger partial charge in [0, 0.05) is 11.6 Å². The molecule has 0 amide bonds. The summed E-state index contributed by atoms with van der Waals surface area (Å²) in [6, 6.07) is 7.60. The molecular weight excluding hydrogens is 200 g/mol. The van der Waals surface area contributed by atoms with Gasteiger partial charge in [0.2, 0.25) is 0 Å². The number of allylic oxidation sites excluding steroid dienone is 2. The quantitative estimate of drug-likeness (QED) is 0.650. The molecule has 5 N–H and O–H groups in total. The molecule has 0 fully saturated rings. The molecule has 0 saturated heterocycles. The average Bonchev–Trinajstić information content (AvgIpc) is 2.29. The van der Waals surface area contributed by atoms with Crippen molar-refractivity contribution in [2.24, 2.45) is 5.73 Å². The van der Waals surface area contributed by atoms with E-state index in [2.05, 4.69) is 0 Å². The first-order valence-corrected chi connectivity index (χ1v) is 5.27. The topological polar surface area (TPSA) is 72.3 Å². The number of anilines is 1. The Kier molecular flexibility index (Phi) is 2.81. The van der Waals surface area contributed by atoms with Gasteiger partial charge in [0.05, 0.1) is 12.1 Å². The zero-order valence-electron chi connectivity index (χ0n) is 9.01. The van der Waals surface area contributed by atoms with Crippen molar-refractivity contribution in [2.75, 3.05) is 12.3 Å². The lowest BCUT2D eigenvalue weighted by atomic mass is 9.77. The SMILES string of the molecule is Nc1cccc(C2C=CC=CC2(N)CO)c1. The third-order valence-electron chi connectivity index (χ3n) is 2.94. The third-order valence-corrected chi connectivity index (χ3v) is 2.94. The minimum absolute atomic E-state index is 0.0361. The Bertz CT molecular complexity index is 439. The molecule has 0 bridgehead atoms. The van der Waals surface area contributed by atoms with Crippen LogP contribution in [0, 0.1) is 0 Å². The molecule has 0 spiro atoms. The number of hydrogen-bond acceptors (Lipinski definition) is 3. The summed E-state index contributed by atoms with van der Waals surface area (Å²) in [4.78, 5) is 0. The maximum Gasteiger partial charge on any atom is 0.0681 e. The Morgan fingerprint density at radius 1 is 1.31 bits per heavy atom. The summed E-state index contributed by atoms with van der Waals surface area (Å²) in [6.07, 6.45) is 7.62. The first kappa shape index (κ1) is 10.9. The van der Waals surface area contributed by atoms with E-state index in [1.165, 1.54) is 0 Å². The smallest absolute Gasteiger partial charge is 0.0681 e. The van der Waals surface area contributed by atoms with Crippen LogP contribution in [0.4, 0.5) is 5.69 Å². The van der Waals surface area contributed by atoms with Crippen LogP contribution in [0.1, 0.15) is 11.5 Å². The van der Waals surface area contributed by atoms with E-state index in [4.69, 9.17) is 11.5 Å². The van der Waals surface area contributed by atoms with Crippen LogP contribution in [-0.4, -0.2) is 17.3 Å². The van der Waals surface area contributed by atoms with Crippen LogP contribution >= 0.6 is 0 Å². The van der Waals surface area contributed by atoms with E-state index < -0.39 is 5.54 Å². The Morgan fingerprint density at radius 3 is 2.81 bits per heavy atom. The molecular formula is C13H16N2O. The largest absolute Gasteiger partial charge is 0.399 e. The van der Waals surface area contributed by atoms with Gasteiger partial charge in [0.25, 0.3) is 0 Å². The van der Waals surface area contributed by atoms with Gasteiger partial charge in [0.15, 0.2) is 0 Å². The molecule has 1 aliphatic carbocycles. The maximum atomic E-state index is 9.41. The number of nitrogens with two attached hydrogens (primary N) is 2. The number of aliphatic hydroxyl groups excluding tert-OH is 1. The molecule has 1 aromatic rings. The maximum absolute atomic E-state index is 9.41. The van der Waals surface area contributed by atoms with Crippen LogP contribution in [0.15, 0.2) is 48.6 Å². The highest BCUT2D eigenvalue weighted by Crippen LogP contribution is 2.32. The van der Waals surface area contributed by atoms with Crippen molar-refractivity contribution in [3.05, 3.63) is 54.1 Å². The van der Waals surface area contributed by atoms with Crippen LogP contribution in [0.2, 0.25) is 0 Å². The van der Waals surface area contributed by atoms with E-state index >= 15 is 0 Å². The highest BCUT2D eigenvalue weighted by molar-refractivity contribution is 5.46. The van der Waals surface area contributed by atoms with Gasteiger partial charge in [-0.3, -0.25) is 0 Å². The van der Waals surface area contributed by atoms with Gasteiger partial charge < -0.3 is 16.6 Å². The molecule has 3 heteroatoms. The summed E-state index contributed by atoms with van der Waals surface area (Å²) in [5.41, 5.74) is 12.9. The van der Waals surface area contributed by atoms with Gasteiger partial charge in [-0.15, -0.1) is 0 Å². The molecule has 0 radical (unpaired) electrons. The van der Waals surface area contributed by atoms with Crippen molar-refractivity contribution < 1.29 is 5.11 Å². The molecule has 2 atom stereocenters. The minimum Gasteiger partial charge on any atom is -0.399 e. The Morgan fingerprint density at radius 2 is 2.12 bits per heavy atom. The second-order valence-corrected chi connectivity index (χ2v) is 4.16. The summed E-state index contributed by atoms with van der Waals surface area (Å²) in [7, 11) is 0. The number of nitrogen functional groups attached to an aromatic ring is 1. The molecule has 3 nitrogen and oxygen atoms in total. The average molecular weight is 216 g/mol. The lowest BCUT2D eigenvalue weighted by Crippen LogP contribution is -2.47. The van der Waals surface area contributed by atoms with Crippen LogP contribution in [0.5, 0.6) is 0 Å². The first-order chi connectivity index (χ1) is 7.65. The molecule has 2 unspecified atom stereocenters. The highest BCUT2D eigenvalue weighted by Gasteiger charge is 2.32. The number of aliphatic hydroxyl groups is 1. The summed E-state index contributed by atoms with van der Waals surface area (Å²) < 4.78 is 0. The van der Waals surface area contributed by atoms with Gasteiger partial charge in [-0.25, -0.2) is 0 Å². The van der Waals surface area contributed by atoms with E-state index in [1.807, 2.05) is 48.6 Å². The third kappa shape index (κ3) is 1.87. The van der Waals surface area contributed by atoms with E-state index in [9.17, 15) is 5.11 Å². The van der Waals surface area contributed by atoms with Gasteiger partial charge in [-0.05, 0) is 17.7 Å². The minimum atomic E-state index is -0.734. The zero-order chi connectivity index (χ0) is 11.6. The Hall–Kier alpha value is -1.58. The van der Waals surface area contributed by atoms with Gasteiger partial charge in [-0.2, -0.15) is 0 Å². The second-order valence-electron chi connectivity index (χ2n) is 4.16. The molecule has 0 aliphatic heterocycles. The molecule has 0 heterocycles. The predicted molar refractivity (Wildman–Crippen MR) is 65.9 cm³/mol. The fourth-order valence-corrected chi connectivity index (χ4v) is 2.02. The normalized spacial score (nSPS) is 28.2. The van der Waals surface area contributed by atoms with Crippen molar-refractivity contribution >= 4 is 5.69 Å². The van der Waals surface area contributed by atoms with Gasteiger partial charge >= 0.3 is 0 Å². The van der Waals surface area contributed by atoms with Gasteiger partial charge in [0.1, 0.15) is 0 Å². The molecule has 16 heavy (non-hydrogen) atoms. The van der Waals surface area contributed by atoms with Crippen molar-refractivity contribution in [1.29, 1.82) is 0 Å². The first-order valence-electron chi connectivity index (χ1n) is 5.27. The molecule has 0 saturated carbocycles. The fraction of sp³-hybridized carbons (Fsp3) is 0.231. The number of rotatable bonds is 2. The summed E-state index contributed by atoms with van der Waals surface area (Å²) in [6.45, 7) is -0.0900. The van der Waals surface area contributed by atoms with Crippen LogP contribution in [-0.2, 0) is 0 Å². The lowest BCUT2D eigenvalue weighted by Gasteiger charge is -2.33. The molecule has 0 aromatic heterocycles. The molecule has 84 valence electrons. The lowest BCUT2D eigenvalue weighted by molar-refractivity contribution is 0.215. The van der Waals surface area contributed by atoms with E-state index in [0.29, 0.717) is 5.69 Å². The van der Waals surface area contributed by atoms with E-state index in [1.54, 1.807) is 0 Å². The monoisotopic (exact) mass is 216 g/mol. The van der Waals surface area contributed by atoms with Crippen molar-refractivity contribution in [3.63, 3.8) is 0 Å². The highest BCUT2D eigenvalue weighted by atomic mass is 16.3. The number of benzene rings is 1. The van der Waals surface area contributed by atoms with E-state index in [-0.39, 0.29) is 12.5 Å². The predicted octanol–water partition coefficient (Wildman–Crippen LogP) is 1.17. The standard InChI is InChI=1S/C13H16N2O/c14-11-5-3-4-10(8-11)12-6-1-2-7-13(12,15)9-16/h1-8,12,16H,9,14-15H2. The van der Waals surface area contributed by atoms with Crippen LogP contribution < -0.4 is 11.5 Å². The van der Waals surface area contributed by atoms with E-state index in [0.717, 1.165) is 5.56 Å². The summed E-state index contributed by atoms with van der Waals surface area (Å²) in [5.74, 6) is -0.0361. The molecule has 1 aliphatic rings. The summed E-state index contributed by atoms with van der Waals surface area (Å²) >= 11 is 0. The van der Waals surface area contributed by atoms with Crippen LogP contribution in [0.3, 0.4) is 0 Å². The number of hydrogen-bond donors (Lipinski definition) is 3. The zero-order valence-corrected chi connectivity index (χ0v) is 9.01. The van der Waals surface area contributed by atoms with Crippen molar-refractivity contribution in [3.8, 4) is 0 Å². The van der Waals surface area contributed by atoms with Crippen molar-refractivity contribution in [2.45, 2.75) is 11.5 Å². The second kappa shape index (κ2) is 4.12. The summed E-state index contributed by atoms with van der Waals surface area (Å²) in [5, 5.41) is 9.41.